The van der Waals surface area contributed by atoms with E-state index in [0.29, 0.717) is 24.3 Å². The zero-order valence-electron chi connectivity index (χ0n) is 17.7. The largest absolute Gasteiger partial charge is 0.456 e. The summed E-state index contributed by atoms with van der Waals surface area (Å²) in [6.45, 7) is 2.36. The average molecular weight is 413 g/mol. The number of carbonyl (C=O) groups is 3. The second-order valence-corrected chi connectivity index (χ2v) is 9.57. The number of ether oxygens (including phenoxy) is 1. The van der Waals surface area contributed by atoms with Crippen molar-refractivity contribution in [3.63, 3.8) is 0 Å². The fraction of sp³-hybridized carbons (Fsp3) is 0.625. The SMILES string of the molecule is Cc1ccccc1CNC(=O)COC(=O)CCNC(=O)C12CC3CC(CC(C3)C1)C2. The molecule has 4 aliphatic carbocycles. The van der Waals surface area contributed by atoms with Gasteiger partial charge in [-0.25, -0.2) is 0 Å². The predicted octanol–water partition coefficient (Wildman–Crippen LogP) is 2.88. The Kier molecular flexibility index (Phi) is 6.11. The molecule has 0 radical (unpaired) electrons. The molecule has 0 saturated heterocycles. The van der Waals surface area contributed by atoms with Gasteiger partial charge in [0.25, 0.3) is 5.91 Å². The molecule has 2 N–H and O–H groups in total. The lowest BCUT2D eigenvalue weighted by molar-refractivity contribution is -0.149. The topological polar surface area (TPSA) is 84.5 Å². The van der Waals surface area contributed by atoms with Crippen molar-refractivity contribution in [1.29, 1.82) is 0 Å². The van der Waals surface area contributed by atoms with Crippen LogP contribution in [0, 0.1) is 30.1 Å². The second kappa shape index (κ2) is 8.78. The monoisotopic (exact) mass is 412 g/mol. The van der Waals surface area contributed by atoms with Crippen LogP contribution in [0.1, 0.15) is 56.1 Å². The first-order valence-corrected chi connectivity index (χ1v) is 11.2. The molecule has 1 aromatic carbocycles. The molecule has 4 bridgehead atoms. The van der Waals surface area contributed by atoms with Gasteiger partial charge in [-0.3, -0.25) is 14.4 Å². The summed E-state index contributed by atoms with van der Waals surface area (Å²) < 4.78 is 5.05. The minimum Gasteiger partial charge on any atom is -0.456 e. The lowest BCUT2D eigenvalue weighted by atomic mass is 9.49. The van der Waals surface area contributed by atoms with Gasteiger partial charge in [-0.05, 0) is 74.3 Å². The summed E-state index contributed by atoms with van der Waals surface area (Å²) in [6.07, 6.45) is 7.01. The van der Waals surface area contributed by atoms with Gasteiger partial charge in [0.2, 0.25) is 5.91 Å². The van der Waals surface area contributed by atoms with Gasteiger partial charge in [-0.15, -0.1) is 0 Å². The van der Waals surface area contributed by atoms with Gasteiger partial charge in [0.1, 0.15) is 0 Å². The smallest absolute Gasteiger partial charge is 0.308 e. The van der Waals surface area contributed by atoms with E-state index in [1.54, 1.807) is 0 Å². The fourth-order valence-corrected chi connectivity index (χ4v) is 6.13. The maximum absolute atomic E-state index is 12.9. The lowest BCUT2D eigenvalue weighted by Crippen LogP contribution is -2.53. The third kappa shape index (κ3) is 4.68. The Morgan fingerprint density at radius 2 is 1.63 bits per heavy atom. The molecule has 0 unspecified atom stereocenters. The molecule has 1 aromatic rings. The number of hydrogen-bond donors (Lipinski definition) is 2. The van der Waals surface area contributed by atoms with E-state index < -0.39 is 5.97 Å². The lowest BCUT2D eigenvalue weighted by Gasteiger charge is -2.55. The molecular formula is C24H32N2O4. The number of nitrogens with one attached hydrogen (secondary N) is 2. The Hall–Kier alpha value is -2.37. The van der Waals surface area contributed by atoms with Crippen molar-refractivity contribution in [2.45, 2.75) is 58.4 Å². The van der Waals surface area contributed by atoms with Crippen LogP contribution < -0.4 is 10.6 Å². The number of aryl methyl sites for hydroxylation is 1. The molecule has 4 aliphatic rings. The number of benzene rings is 1. The number of amides is 2. The van der Waals surface area contributed by atoms with E-state index in [1.807, 2.05) is 31.2 Å². The quantitative estimate of drug-likeness (QED) is 0.643. The van der Waals surface area contributed by atoms with E-state index in [1.165, 1.54) is 19.3 Å². The summed E-state index contributed by atoms with van der Waals surface area (Å²) in [5.74, 6) is 1.46. The molecule has 2 amide bonds. The second-order valence-electron chi connectivity index (χ2n) is 9.57. The summed E-state index contributed by atoms with van der Waals surface area (Å²) in [7, 11) is 0. The molecule has 0 atom stereocenters. The number of esters is 1. The van der Waals surface area contributed by atoms with E-state index in [9.17, 15) is 14.4 Å². The van der Waals surface area contributed by atoms with E-state index in [4.69, 9.17) is 4.74 Å². The maximum atomic E-state index is 12.9. The summed E-state index contributed by atoms with van der Waals surface area (Å²) in [4.78, 5) is 36.7. The fourth-order valence-electron chi connectivity index (χ4n) is 6.13. The Balaban J connectivity index is 1.14. The molecule has 30 heavy (non-hydrogen) atoms. The Morgan fingerprint density at radius 1 is 1.00 bits per heavy atom. The van der Waals surface area contributed by atoms with Crippen molar-refractivity contribution in [1.82, 2.24) is 10.6 Å². The van der Waals surface area contributed by atoms with Gasteiger partial charge in [0.05, 0.1) is 6.42 Å². The Morgan fingerprint density at radius 3 is 2.27 bits per heavy atom. The molecule has 162 valence electrons. The minimum absolute atomic E-state index is 0.0865. The first-order chi connectivity index (χ1) is 14.4. The summed E-state index contributed by atoms with van der Waals surface area (Å²) in [6, 6.07) is 7.81. The van der Waals surface area contributed by atoms with Crippen LogP contribution >= 0.6 is 0 Å². The van der Waals surface area contributed by atoms with Crippen LogP contribution in [0.15, 0.2) is 24.3 Å². The summed E-state index contributed by atoms with van der Waals surface area (Å²) in [5.41, 5.74) is 1.93. The minimum atomic E-state index is -0.466. The highest BCUT2D eigenvalue weighted by molar-refractivity contribution is 5.84. The third-order valence-corrected chi connectivity index (χ3v) is 7.24. The van der Waals surface area contributed by atoms with Crippen molar-refractivity contribution < 1.29 is 19.1 Å². The normalized spacial score (nSPS) is 28.8. The van der Waals surface area contributed by atoms with E-state index >= 15 is 0 Å². The highest BCUT2D eigenvalue weighted by atomic mass is 16.5. The van der Waals surface area contributed by atoms with Crippen molar-refractivity contribution >= 4 is 17.8 Å². The van der Waals surface area contributed by atoms with Crippen LogP contribution in [0.3, 0.4) is 0 Å². The van der Waals surface area contributed by atoms with Gasteiger partial charge in [-0.2, -0.15) is 0 Å². The zero-order chi connectivity index (χ0) is 21.1. The predicted molar refractivity (Wildman–Crippen MR) is 112 cm³/mol. The zero-order valence-corrected chi connectivity index (χ0v) is 17.7. The van der Waals surface area contributed by atoms with Crippen molar-refractivity contribution in [2.24, 2.45) is 23.2 Å². The molecule has 0 aliphatic heterocycles. The van der Waals surface area contributed by atoms with Gasteiger partial charge >= 0.3 is 5.97 Å². The molecule has 6 nitrogen and oxygen atoms in total. The third-order valence-electron chi connectivity index (χ3n) is 7.24. The maximum Gasteiger partial charge on any atom is 0.308 e. The first kappa shape index (κ1) is 20.9. The number of carbonyl (C=O) groups excluding carboxylic acids is 3. The van der Waals surface area contributed by atoms with Gasteiger partial charge in [0, 0.05) is 18.5 Å². The van der Waals surface area contributed by atoms with Crippen LogP contribution in [-0.4, -0.2) is 30.9 Å². The van der Waals surface area contributed by atoms with Gasteiger partial charge in [0.15, 0.2) is 6.61 Å². The van der Waals surface area contributed by atoms with E-state index in [-0.39, 0.29) is 36.8 Å². The van der Waals surface area contributed by atoms with Crippen molar-refractivity contribution in [2.75, 3.05) is 13.2 Å². The number of rotatable bonds is 8. The van der Waals surface area contributed by atoms with Crippen LogP contribution in [-0.2, 0) is 25.7 Å². The highest BCUT2D eigenvalue weighted by Gasteiger charge is 2.54. The molecular weight excluding hydrogens is 380 g/mol. The standard InChI is InChI=1S/C24H32N2O4/c1-16-4-2-3-5-20(16)14-26-21(27)15-30-22(28)6-7-25-23(29)24-11-17-8-18(12-24)10-19(9-17)13-24/h2-5,17-19H,6-15H2,1H3,(H,25,29)(H,26,27). The van der Waals surface area contributed by atoms with Crippen molar-refractivity contribution in [3.8, 4) is 0 Å². The summed E-state index contributed by atoms with van der Waals surface area (Å²) >= 11 is 0. The Bertz CT molecular complexity index is 784. The molecule has 4 saturated carbocycles. The van der Waals surface area contributed by atoms with Crippen LogP contribution in [0.5, 0.6) is 0 Å². The molecule has 0 aromatic heterocycles. The molecule has 5 rings (SSSR count). The first-order valence-electron chi connectivity index (χ1n) is 11.2. The Labute approximate surface area is 178 Å². The van der Waals surface area contributed by atoms with E-state index in [0.717, 1.165) is 30.4 Å². The number of hydrogen-bond acceptors (Lipinski definition) is 4. The van der Waals surface area contributed by atoms with Crippen LogP contribution in [0.2, 0.25) is 0 Å². The summed E-state index contributed by atoms with van der Waals surface area (Å²) in [5, 5.41) is 5.73. The van der Waals surface area contributed by atoms with Gasteiger partial charge in [-0.1, -0.05) is 24.3 Å². The molecule has 0 heterocycles. The molecule has 6 heteroatoms. The van der Waals surface area contributed by atoms with Crippen LogP contribution in [0.25, 0.3) is 0 Å². The molecule has 0 spiro atoms. The van der Waals surface area contributed by atoms with Crippen LogP contribution in [0.4, 0.5) is 0 Å². The average Bonchev–Trinajstić information content (AvgIpc) is 2.70. The van der Waals surface area contributed by atoms with Crippen molar-refractivity contribution in [3.05, 3.63) is 35.4 Å². The molecule has 4 fully saturated rings. The highest BCUT2D eigenvalue weighted by Crippen LogP contribution is 2.60. The van der Waals surface area contributed by atoms with E-state index in [2.05, 4.69) is 10.6 Å². The van der Waals surface area contributed by atoms with Gasteiger partial charge < -0.3 is 15.4 Å².